The van der Waals surface area contributed by atoms with Crippen LogP contribution in [0.25, 0.3) is 0 Å². The molecule has 1 aliphatic rings. The number of rotatable bonds is 8. The first-order valence-electron chi connectivity index (χ1n) is 12.2. The van der Waals surface area contributed by atoms with Gasteiger partial charge in [-0.1, -0.05) is 31.0 Å². The molecule has 1 saturated carbocycles. The number of carbonyl (C=O) groups excluding carboxylic acids is 2. The van der Waals surface area contributed by atoms with Gasteiger partial charge in [-0.15, -0.1) is 0 Å². The van der Waals surface area contributed by atoms with Gasteiger partial charge in [-0.25, -0.2) is 0 Å². The Kier molecular flexibility index (Phi) is 8.23. The highest BCUT2D eigenvalue weighted by atomic mass is 16.5. The molecule has 0 aromatic heterocycles. The van der Waals surface area contributed by atoms with E-state index in [-0.39, 0.29) is 23.9 Å². The van der Waals surface area contributed by atoms with Gasteiger partial charge < -0.3 is 25.4 Å². The summed E-state index contributed by atoms with van der Waals surface area (Å²) in [6.45, 7) is 0.395. The minimum Gasteiger partial charge on any atom is -0.497 e. The lowest BCUT2D eigenvalue weighted by molar-refractivity contribution is 0.0583. The minimum absolute atomic E-state index is 0.0524. The van der Waals surface area contributed by atoms with Crippen LogP contribution >= 0.6 is 0 Å². The van der Waals surface area contributed by atoms with E-state index in [0.29, 0.717) is 34.9 Å². The van der Waals surface area contributed by atoms with Gasteiger partial charge in [0.05, 0.1) is 14.2 Å². The molecule has 0 saturated heterocycles. The summed E-state index contributed by atoms with van der Waals surface area (Å²) in [5.74, 6) is 1.03. The van der Waals surface area contributed by atoms with Crippen LogP contribution in [0.4, 0.5) is 5.69 Å². The van der Waals surface area contributed by atoms with E-state index in [1.807, 2.05) is 29.2 Å². The van der Waals surface area contributed by atoms with Crippen molar-refractivity contribution in [3.63, 3.8) is 0 Å². The third-order valence-corrected chi connectivity index (χ3v) is 6.65. The van der Waals surface area contributed by atoms with Crippen molar-refractivity contribution in [1.82, 2.24) is 4.90 Å². The maximum atomic E-state index is 13.6. The number of hydrogen-bond acceptors (Lipinski definition) is 5. The van der Waals surface area contributed by atoms with Gasteiger partial charge in [0.1, 0.15) is 11.5 Å². The summed E-state index contributed by atoms with van der Waals surface area (Å²) < 4.78 is 10.5. The third-order valence-electron chi connectivity index (χ3n) is 6.65. The number of nitrogens with one attached hydrogen (secondary N) is 1. The van der Waals surface area contributed by atoms with E-state index in [2.05, 4.69) is 5.32 Å². The van der Waals surface area contributed by atoms with Gasteiger partial charge in [-0.3, -0.25) is 9.59 Å². The Labute approximate surface area is 212 Å². The molecule has 7 nitrogen and oxygen atoms in total. The molecule has 0 radical (unpaired) electrons. The summed E-state index contributed by atoms with van der Waals surface area (Å²) in [6, 6.07) is 21.6. The summed E-state index contributed by atoms with van der Waals surface area (Å²) in [7, 11) is 3.17. The normalized spacial score (nSPS) is 17.2. The molecular weight excluding hydrogens is 454 g/mol. The molecule has 3 aromatic carbocycles. The maximum absolute atomic E-state index is 13.6. The quantitative estimate of drug-likeness (QED) is 0.473. The van der Waals surface area contributed by atoms with Crippen molar-refractivity contribution in [3.05, 3.63) is 89.5 Å². The molecule has 3 aromatic rings. The van der Waals surface area contributed by atoms with E-state index in [9.17, 15) is 9.59 Å². The highest BCUT2D eigenvalue weighted by Gasteiger charge is 2.31. The van der Waals surface area contributed by atoms with Crippen molar-refractivity contribution < 1.29 is 19.1 Å². The predicted octanol–water partition coefficient (Wildman–Crippen LogP) is 4.87. The Bertz CT molecular complexity index is 1200. The van der Waals surface area contributed by atoms with Crippen molar-refractivity contribution >= 4 is 17.5 Å². The molecule has 188 valence electrons. The Balaban J connectivity index is 1.55. The average Bonchev–Trinajstić information content (AvgIpc) is 2.92. The fourth-order valence-electron chi connectivity index (χ4n) is 4.68. The number of ether oxygens (including phenoxy) is 2. The second-order valence-corrected chi connectivity index (χ2v) is 9.06. The molecule has 2 unspecified atom stereocenters. The molecule has 4 rings (SSSR count). The Morgan fingerprint density at radius 2 is 1.61 bits per heavy atom. The van der Waals surface area contributed by atoms with Gasteiger partial charge in [0.2, 0.25) is 0 Å². The number of benzene rings is 3. The first-order valence-corrected chi connectivity index (χ1v) is 12.2. The molecule has 2 amide bonds. The Hall–Kier alpha value is -3.84. The van der Waals surface area contributed by atoms with Crippen LogP contribution in [-0.2, 0) is 6.54 Å². The maximum Gasteiger partial charge on any atom is 0.255 e. The third kappa shape index (κ3) is 6.04. The van der Waals surface area contributed by atoms with Gasteiger partial charge in [0.25, 0.3) is 11.8 Å². The summed E-state index contributed by atoms with van der Waals surface area (Å²) in [5.41, 5.74) is 9.17. The number of amides is 2. The van der Waals surface area contributed by atoms with E-state index >= 15 is 0 Å². The fourth-order valence-corrected chi connectivity index (χ4v) is 4.68. The Morgan fingerprint density at radius 3 is 2.33 bits per heavy atom. The SMILES string of the molecule is COc1ccc(C(=O)N(Cc2cccc(NC(=O)c3cccc(OC)c3)c2)C2CCCCC2N)cc1. The molecule has 2 atom stereocenters. The van der Waals surface area contributed by atoms with Crippen molar-refractivity contribution in [2.24, 2.45) is 5.73 Å². The first-order chi connectivity index (χ1) is 17.5. The van der Waals surface area contributed by atoms with Crippen LogP contribution in [0.2, 0.25) is 0 Å². The van der Waals surface area contributed by atoms with Gasteiger partial charge in [0.15, 0.2) is 0 Å². The van der Waals surface area contributed by atoms with E-state index < -0.39 is 0 Å². The highest BCUT2D eigenvalue weighted by Crippen LogP contribution is 2.27. The smallest absolute Gasteiger partial charge is 0.255 e. The van der Waals surface area contributed by atoms with E-state index in [1.54, 1.807) is 62.8 Å². The zero-order valence-electron chi connectivity index (χ0n) is 20.8. The average molecular weight is 488 g/mol. The standard InChI is InChI=1S/C29H33N3O4/c1-35-24-15-13-21(14-16-24)29(34)32(27-12-4-3-11-26(27)30)19-20-7-5-9-23(17-20)31-28(33)22-8-6-10-25(18-22)36-2/h5-10,13-18,26-27H,3-4,11-12,19,30H2,1-2H3,(H,31,33). The number of carbonyl (C=O) groups is 2. The summed E-state index contributed by atoms with van der Waals surface area (Å²) in [5, 5.41) is 2.95. The molecular formula is C29H33N3O4. The number of anilines is 1. The van der Waals surface area contributed by atoms with Crippen LogP contribution in [0.5, 0.6) is 11.5 Å². The predicted molar refractivity (Wildman–Crippen MR) is 140 cm³/mol. The second-order valence-electron chi connectivity index (χ2n) is 9.06. The molecule has 36 heavy (non-hydrogen) atoms. The zero-order chi connectivity index (χ0) is 25.5. The van der Waals surface area contributed by atoms with Gasteiger partial charge >= 0.3 is 0 Å². The van der Waals surface area contributed by atoms with E-state index in [1.165, 1.54) is 0 Å². The minimum atomic E-state index is -0.230. The van der Waals surface area contributed by atoms with Crippen molar-refractivity contribution in [2.45, 2.75) is 44.3 Å². The summed E-state index contributed by atoms with van der Waals surface area (Å²) in [6.07, 6.45) is 3.89. The second kappa shape index (κ2) is 11.7. The number of nitrogens with two attached hydrogens (primary N) is 1. The van der Waals surface area contributed by atoms with Crippen molar-refractivity contribution in [1.29, 1.82) is 0 Å². The van der Waals surface area contributed by atoms with E-state index in [0.717, 1.165) is 31.2 Å². The first kappa shape index (κ1) is 25.3. The van der Waals surface area contributed by atoms with Crippen LogP contribution < -0.4 is 20.5 Å². The van der Waals surface area contributed by atoms with Crippen LogP contribution in [0.3, 0.4) is 0 Å². The largest absolute Gasteiger partial charge is 0.497 e. The van der Waals surface area contributed by atoms with Crippen LogP contribution in [0.1, 0.15) is 52.0 Å². The van der Waals surface area contributed by atoms with Crippen LogP contribution in [0.15, 0.2) is 72.8 Å². The molecule has 0 spiro atoms. The molecule has 1 aliphatic carbocycles. The van der Waals surface area contributed by atoms with Crippen molar-refractivity contribution in [3.8, 4) is 11.5 Å². The van der Waals surface area contributed by atoms with E-state index in [4.69, 9.17) is 15.2 Å². The molecule has 0 heterocycles. The highest BCUT2D eigenvalue weighted by molar-refractivity contribution is 6.04. The summed E-state index contributed by atoms with van der Waals surface area (Å²) in [4.78, 5) is 28.3. The molecule has 7 heteroatoms. The van der Waals surface area contributed by atoms with Crippen LogP contribution in [-0.4, -0.2) is 43.0 Å². The lowest BCUT2D eigenvalue weighted by Crippen LogP contribution is -2.51. The molecule has 0 aliphatic heterocycles. The van der Waals surface area contributed by atoms with Crippen molar-refractivity contribution in [2.75, 3.05) is 19.5 Å². The lowest BCUT2D eigenvalue weighted by Gasteiger charge is -2.38. The fraction of sp³-hybridized carbons (Fsp3) is 0.310. The van der Waals surface area contributed by atoms with Crippen LogP contribution in [0, 0.1) is 0 Å². The zero-order valence-corrected chi connectivity index (χ0v) is 20.8. The molecule has 1 fully saturated rings. The topological polar surface area (TPSA) is 93.9 Å². The van der Waals surface area contributed by atoms with Gasteiger partial charge in [0, 0.05) is 35.4 Å². The molecule has 0 bridgehead atoms. The lowest BCUT2D eigenvalue weighted by atomic mass is 9.89. The Morgan fingerprint density at radius 1 is 0.889 bits per heavy atom. The van der Waals surface area contributed by atoms with Gasteiger partial charge in [-0.05, 0) is 73.0 Å². The number of nitrogens with zero attached hydrogens (tertiary/aromatic N) is 1. The number of hydrogen-bond donors (Lipinski definition) is 2. The summed E-state index contributed by atoms with van der Waals surface area (Å²) >= 11 is 0. The van der Waals surface area contributed by atoms with Gasteiger partial charge in [-0.2, -0.15) is 0 Å². The monoisotopic (exact) mass is 487 g/mol. The molecule has 3 N–H and O–H groups in total. The number of methoxy groups -OCH3 is 2.